The van der Waals surface area contributed by atoms with Crippen LogP contribution in [0.4, 0.5) is 20.6 Å². The zero-order chi connectivity index (χ0) is 23.4. The highest BCUT2D eigenvalue weighted by atomic mass is 32.1. The van der Waals surface area contributed by atoms with Crippen LogP contribution in [0.15, 0.2) is 85.1 Å². The van der Waals surface area contributed by atoms with Gasteiger partial charge in [0.05, 0.1) is 22.8 Å². The first-order valence-electron chi connectivity index (χ1n) is 10.2. The van der Waals surface area contributed by atoms with Gasteiger partial charge in [0, 0.05) is 17.3 Å². The highest BCUT2D eigenvalue weighted by Crippen LogP contribution is 2.23. The molecule has 3 amide bonds. The van der Waals surface area contributed by atoms with Gasteiger partial charge in [-0.15, -0.1) is 0 Å². The minimum atomic E-state index is -0.596. The zero-order valence-electron chi connectivity index (χ0n) is 17.7. The van der Waals surface area contributed by atoms with Crippen molar-refractivity contribution in [3.8, 4) is 0 Å². The molecule has 0 aliphatic carbocycles. The van der Waals surface area contributed by atoms with Crippen molar-refractivity contribution in [3.63, 3.8) is 0 Å². The van der Waals surface area contributed by atoms with Crippen molar-refractivity contribution < 1.29 is 14.0 Å². The molecule has 0 radical (unpaired) electrons. The van der Waals surface area contributed by atoms with Gasteiger partial charge in [-0.1, -0.05) is 37.1 Å². The van der Waals surface area contributed by atoms with Crippen LogP contribution >= 0.6 is 12.8 Å². The van der Waals surface area contributed by atoms with E-state index in [0.29, 0.717) is 11.4 Å². The predicted octanol–water partition coefficient (Wildman–Crippen LogP) is 5.75. The van der Waals surface area contributed by atoms with E-state index < -0.39 is 17.8 Å². The molecule has 1 atom stereocenters. The van der Waals surface area contributed by atoms with Gasteiger partial charge < -0.3 is 10.6 Å². The Morgan fingerprint density at radius 2 is 1.76 bits per heavy atom. The average Bonchev–Trinajstić information content (AvgIpc) is 2.84. The number of hydrogen-bond acceptors (Lipinski definition) is 4. The molecule has 0 spiro atoms. The highest BCUT2D eigenvalue weighted by Gasteiger charge is 2.17. The fourth-order valence-corrected chi connectivity index (χ4v) is 3.53. The lowest BCUT2D eigenvalue weighted by Crippen LogP contribution is -2.35. The van der Waals surface area contributed by atoms with Crippen molar-refractivity contribution in [1.82, 2.24) is 10.3 Å². The first kappa shape index (κ1) is 22.3. The van der Waals surface area contributed by atoms with Gasteiger partial charge in [0.2, 0.25) is 0 Å². The molecule has 1 heterocycles. The molecule has 0 aliphatic rings. The summed E-state index contributed by atoms with van der Waals surface area (Å²) in [5, 5.41) is 6.54. The number of fused-ring (bicyclic) bond motifs is 1. The Morgan fingerprint density at radius 1 is 1.00 bits per heavy atom. The van der Waals surface area contributed by atoms with Gasteiger partial charge >= 0.3 is 6.03 Å². The van der Waals surface area contributed by atoms with Crippen molar-refractivity contribution in [2.24, 2.45) is 0 Å². The van der Waals surface area contributed by atoms with E-state index in [0.717, 1.165) is 16.5 Å². The molecule has 0 saturated carbocycles. The summed E-state index contributed by atoms with van der Waals surface area (Å²) in [7, 11) is 0. The summed E-state index contributed by atoms with van der Waals surface area (Å²) in [5.74, 6) is -1.15. The molecule has 0 saturated heterocycles. The van der Waals surface area contributed by atoms with Crippen LogP contribution in [0.5, 0.6) is 0 Å². The molecule has 3 aromatic carbocycles. The molecule has 2 N–H and O–H groups in total. The molecule has 0 bridgehead atoms. The molecule has 166 valence electrons. The number of hydrogen-bond donors (Lipinski definition) is 3. The first-order chi connectivity index (χ1) is 15.9. The third kappa shape index (κ3) is 5.12. The molecular weight excluding hydrogens is 439 g/mol. The summed E-state index contributed by atoms with van der Waals surface area (Å²) in [6.45, 7) is 1.89. The van der Waals surface area contributed by atoms with Gasteiger partial charge in [0.1, 0.15) is 5.82 Å². The Labute approximate surface area is 196 Å². The number of anilines is 2. The van der Waals surface area contributed by atoms with Crippen LogP contribution < -0.4 is 14.9 Å². The zero-order valence-corrected chi connectivity index (χ0v) is 18.6. The Hall–Kier alpha value is -3.91. The van der Waals surface area contributed by atoms with Gasteiger partial charge in [-0.2, -0.15) is 0 Å². The molecule has 33 heavy (non-hydrogen) atoms. The van der Waals surface area contributed by atoms with Crippen LogP contribution in [-0.4, -0.2) is 16.9 Å². The van der Waals surface area contributed by atoms with Crippen molar-refractivity contribution in [2.75, 3.05) is 9.62 Å². The van der Waals surface area contributed by atoms with E-state index in [2.05, 4.69) is 28.4 Å². The number of rotatable bonds is 5. The van der Waals surface area contributed by atoms with Gasteiger partial charge in [-0.3, -0.25) is 9.78 Å². The Bertz CT molecular complexity index is 1310. The lowest BCUT2D eigenvalue weighted by Gasteiger charge is -2.21. The number of aromatic nitrogens is 1. The van der Waals surface area contributed by atoms with E-state index in [-0.39, 0.29) is 11.6 Å². The van der Waals surface area contributed by atoms with Crippen molar-refractivity contribution >= 4 is 47.0 Å². The number of thiol groups is 1. The predicted molar refractivity (Wildman–Crippen MR) is 131 cm³/mol. The number of nitrogens with one attached hydrogen (secondary N) is 2. The number of amides is 3. The van der Waals surface area contributed by atoms with Gasteiger partial charge in [-0.05, 0) is 67.1 Å². The van der Waals surface area contributed by atoms with Crippen LogP contribution in [0.3, 0.4) is 0 Å². The molecule has 4 aromatic rings. The highest BCUT2D eigenvalue weighted by molar-refractivity contribution is 7.82. The maximum Gasteiger partial charge on any atom is 0.332 e. The summed E-state index contributed by atoms with van der Waals surface area (Å²) in [6.07, 6.45) is 1.74. The Morgan fingerprint density at radius 3 is 2.52 bits per heavy atom. The second-order valence-corrected chi connectivity index (χ2v) is 7.82. The van der Waals surface area contributed by atoms with E-state index in [1.807, 2.05) is 37.3 Å². The molecular formula is C25H21FN4O2S. The van der Waals surface area contributed by atoms with Crippen LogP contribution in [0.1, 0.15) is 28.9 Å². The largest absolute Gasteiger partial charge is 0.332 e. The first-order valence-corrected chi connectivity index (χ1v) is 10.6. The normalized spacial score (nSPS) is 11.6. The second-order valence-electron chi connectivity index (χ2n) is 7.42. The van der Waals surface area contributed by atoms with Crippen LogP contribution in [0, 0.1) is 5.82 Å². The average molecular weight is 461 g/mol. The maximum atomic E-state index is 13.8. The smallest absolute Gasteiger partial charge is 0.330 e. The Kier molecular flexibility index (Phi) is 6.55. The molecule has 1 aromatic heterocycles. The third-order valence-corrected chi connectivity index (χ3v) is 5.56. The number of pyridine rings is 1. The maximum absolute atomic E-state index is 13.8. The fraction of sp³-hybridized carbons (Fsp3) is 0.0800. The topological polar surface area (TPSA) is 74.3 Å². The van der Waals surface area contributed by atoms with E-state index in [4.69, 9.17) is 0 Å². The third-order valence-electron chi connectivity index (χ3n) is 5.15. The number of carbonyl (C=O) groups excluding carboxylic acids is 2. The summed E-state index contributed by atoms with van der Waals surface area (Å²) in [6, 6.07) is 21.3. The summed E-state index contributed by atoms with van der Waals surface area (Å²) in [5.41, 5.74) is 2.76. The van der Waals surface area contributed by atoms with E-state index in [1.165, 1.54) is 22.5 Å². The number of benzene rings is 3. The minimum Gasteiger partial charge on any atom is -0.330 e. The summed E-state index contributed by atoms with van der Waals surface area (Å²) >= 11 is 4.31. The van der Waals surface area contributed by atoms with Crippen molar-refractivity contribution in [2.45, 2.75) is 13.0 Å². The lowest BCUT2D eigenvalue weighted by atomic mass is 10.1. The molecule has 8 heteroatoms. The van der Waals surface area contributed by atoms with Crippen molar-refractivity contribution in [3.05, 3.63) is 102 Å². The van der Waals surface area contributed by atoms with Gasteiger partial charge in [-0.25, -0.2) is 13.5 Å². The molecule has 1 unspecified atom stereocenters. The SMILES string of the molecule is CC(NC(=O)N(S)c1ccc(NC(=O)c2ccccc2F)cc1)c1ccc2ncccc2c1. The monoisotopic (exact) mass is 460 g/mol. The lowest BCUT2D eigenvalue weighted by molar-refractivity contribution is 0.102. The summed E-state index contributed by atoms with van der Waals surface area (Å²) < 4.78 is 15.0. The molecule has 0 aliphatic heterocycles. The van der Waals surface area contributed by atoms with E-state index in [1.54, 1.807) is 36.5 Å². The van der Waals surface area contributed by atoms with Crippen LogP contribution in [0.25, 0.3) is 10.9 Å². The van der Waals surface area contributed by atoms with E-state index in [9.17, 15) is 14.0 Å². The quantitative estimate of drug-likeness (QED) is 0.332. The standard InChI is InChI=1S/C25H21FN4O2S/c1-16(17-8-13-23-18(15-17)5-4-14-27-23)28-25(32)30(33)20-11-9-19(10-12-20)29-24(31)21-6-2-3-7-22(21)26/h2-16,33H,1H3,(H,28,32)(H,29,31). The molecule has 0 fully saturated rings. The fourth-order valence-electron chi connectivity index (χ4n) is 3.34. The number of nitrogens with zero attached hydrogens (tertiary/aromatic N) is 2. The second kappa shape index (κ2) is 9.70. The number of urea groups is 1. The van der Waals surface area contributed by atoms with Crippen LogP contribution in [-0.2, 0) is 0 Å². The molecule has 4 rings (SSSR count). The minimum absolute atomic E-state index is 0.0461. The van der Waals surface area contributed by atoms with E-state index >= 15 is 0 Å². The molecule has 6 nitrogen and oxygen atoms in total. The van der Waals surface area contributed by atoms with Gasteiger partial charge in [0.15, 0.2) is 0 Å². The Balaban J connectivity index is 1.39. The van der Waals surface area contributed by atoms with Crippen molar-refractivity contribution in [1.29, 1.82) is 0 Å². The number of halogens is 1. The van der Waals surface area contributed by atoms with Gasteiger partial charge in [0.25, 0.3) is 5.91 Å². The number of carbonyl (C=O) groups is 2. The van der Waals surface area contributed by atoms with Crippen LogP contribution in [0.2, 0.25) is 0 Å². The summed E-state index contributed by atoms with van der Waals surface area (Å²) in [4.78, 5) is 29.3.